The lowest BCUT2D eigenvalue weighted by Gasteiger charge is -2.08. The van der Waals surface area contributed by atoms with Crippen molar-refractivity contribution < 1.29 is 13.2 Å². The molecule has 0 aromatic heterocycles. The molecule has 8 nitrogen and oxygen atoms in total. The van der Waals surface area contributed by atoms with Crippen molar-refractivity contribution in [2.24, 2.45) is 10.3 Å². The highest BCUT2D eigenvalue weighted by Crippen LogP contribution is 2.20. The average molecular weight is 301 g/mol. The molecule has 7 N–H and O–H groups in total. The normalized spacial score (nSPS) is 10.1. The van der Waals surface area contributed by atoms with Crippen molar-refractivity contribution in [2.45, 2.75) is 6.42 Å². The van der Waals surface area contributed by atoms with Gasteiger partial charge < -0.3 is 15.8 Å². The number of ether oxygens (including phenoxy) is 1. The first-order chi connectivity index (χ1) is 9.29. The van der Waals surface area contributed by atoms with Crippen LogP contribution in [0.3, 0.4) is 0 Å². The topological polar surface area (TPSA) is 157 Å². The summed E-state index contributed by atoms with van der Waals surface area (Å²) in [6.45, 7) is 1.48. The van der Waals surface area contributed by atoms with Crippen molar-refractivity contribution in [1.29, 1.82) is 5.26 Å². The van der Waals surface area contributed by atoms with Crippen LogP contribution in [0.2, 0.25) is 0 Å². The first kappa shape index (κ1) is 18.1. The first-order valence-corrected chi connectivity index (χ1v) is 7.22. The molecule has 0 atom stereocenters. The Morgan fingerprint density at radius 1 is 1.40 bits per heavy atom. The van der Waals surface area contributed by atoms with Crippen molar-refractivity contribution >= 4 is 21.6 Å². The average Bonchev–Trinajstić information content (AvgIpc) is 2.33. The van der Waals surface area contributed by atoms with Crippen LogP contribution in [0.5, 0.6) is 0 Å². The third-order valence-electron chi connectivity index (χ3n) is 2.05. The molecule has 20 heavy (non-hydrogen) atoms. The lowest BCUT2D eigenvalue weighted by molar-refractivity contribution is 0.198. The molecule has 0 fully saturated rings. The fourth-order valence-electron chi connectivity index (χ4n) is 1.28. The minimum Gasteiger partial charge on any atom is -0.398 e. The summed E-state index contributed by atoms with van der Waals surface area (Å²) in [6, 6.07) is 7.48. The van der Waals surface area contributed by atoms with Crippen LogP contribution in [0.1, 0.15) is 12.0 Å². The smallest absolute Gasteiger partial charge is 0.271 e. The summed E-state index contributed by atoms with van der Waals surface area (Å²) < 4.78 is 23.3. The molecule has 1 aromatic carbocycles. The second kappa shape index (κ2) is 9.11. The number of nitriles is 1. The van der Waals surface area contributed by atoms with E-state index in [1.165, 1.54) is 0 Å². The molecule has 0 saturated heterocycles. The lowest BCUT2D eigenvalue weighted by Crippen LogP contribution is -2.21. The van der Waals surface area contributed by atoms with E-state index in [9.17, 15) is 8.42 Å². The zero-order valence-electron chi connectivity index (χ0n) is 11.2. The molecule has 0 bridgehead atoms. The van der Waals surface area contributed by atoms with Gasteiger partial charge in [-0.3, -0.25) is 0 Å². The van der Waals surface area contributed by atoms with Crippen LogP contribution in [0.15, 0.2) is 18.2 Å². The Kier molecular flexibility index (Phi) is 8.26. The Morgan fingerprint density at radius 3 is 2.50 bits per heavy atom. The minimum atomic E-state index is -3.67. The van der Waals surface area contributed by atoms with E-state index in [0.29, 0.717) is 17.9 Å². The van der Waals surface area contributed by atoms with E-state index in [2.05, 4.69) is 21.7 Å². The summed E-state index contributed by atoms with van der Waals surface area (Å²) in [6.07, 6.45) is 0.899. The van der Waals surface area contributed by atoms with E-state index in [-0.39, 0.29) is 0 Å². The summed E-state index contributed by atoms with van der Waals surface area (Å²) >= 11 is 0. The number of benzene rings is 1. The van der Waals surface area contributed by atoms with E-state index in [1.807, 2.05) is 12.1 Å². The van der Waals surface area contributed by atoms with E-state index < -0.39 is 10.2 Å². The number of hydrogen-bond donors (Lipinski definition) is 4. The number of anilines is 2. The van der Waals surface area contributed by atoms with Crippen LogP contribution in [-0.4, -0.2) is 28.7 Å². The lowest BCUT2D eigenvalue weighted by atomic mass is 10.1. The van der Waals surface area contributed by atoms with Gasteiger partial charge in [-0.05, 0) is 18.6 Å². The second-order valence-corrected chi connectivity index (χ2v) is 4.92. The summed E-state index contributed by atoms with van der Waals surface area (Å²) in [5.74, 6) is 0. The van der Waals surface area contributed by atoms with Gasteiger partial charge in [0.2, 0.25) is 0 Å². The van der Waals surface area contributed by atoms with Crippen molar-refractivity contribution in [3.05, 3.63) is 23.8 Å². The van der Waals surface area contributed by atoms with Crippen LogP contribution in [0, 0.1) is 11.3 Å². The maximum Gasteiger partial charge on any atom is 0.271 e. The van der Waals surface area contributed by atoms with E-state index in [4.69, 9.17) is 15.7 Å². The summed E-state index contributed by atoms with van der Waals surface area (Å²) in [5, 5.41) is 20.3. The van der Waals surface area contributed by atoms with Gasteiger partial charge in [0.25, 0.3) is 10.2 Å². The van der Waals surface area contributed by atoms with E-state index >= 15 is 0 Å². The van der Waals surface area contributed by atoms with Crippen LogP contribution in [0.4, 0.5) is 11.4 Å². The third-order valence-corrected chi connectivity index (χ3v) is 2.05. The van der Waals surface area contributed by atoms with Gasteiger partial charge in [0, 0.05) is 20.3 Å². The van der Waals surface area contributed by atoms with Gasteiger partial charge >= 0.3 is 0 Å². The summed E-state index contributed by atoms with van der Waals surface area (Å²) in [5.41, 5.74) is 7.48. The zero-order chi connectivity index (χ0) is 15.6. The molecule has 0 saturated carbocycles. The molecule has 0 radical (unpaired) electrons. The highest BCUT2D eigenvalue weighted by Gasteiger charge is 2.03. The Hall–Kier alpha value is -1.86. The second-order valence-electron chi connectivity index (χ2n) is 3.74. The molecule has 1 aromatic rings. The van der Waals surface area contributed by atoms with Gasteiger partial charge in [-0.1, -0.05) is 6.07 Å². The molecular formula is C11H19N5O3S. The Morgan fingerprint density at radius 2 is 2.00 bits per heavy atom. The minimum absolute atomic E-state index is 0.509. The standard InChI is InChI=1S/C11H15N3O.H4N2O2S/c1-15-7-3-6-14-11-5-2-4-10(13)9(11)8-12;1-5(2,3)4/h2,4-5,14H,3,6-7,13H2,1H3;(H4,1,2,3,4). The van der Waals surface area contributed by atoms with Crippen molar-refractivity contribution in [3.8, 4) is 6.07 Å². The third kappa shape index (κ3) is 9.12. The number of nitrogens with zero attached hydrogens (tertiary/aromatic N) is 1. The molecule has 1 rings (SSSR count). The molecule has 0 unspecified atom stereocenters. The van der Waals surface area contributed by atoms with Crippen LogP contribution < -0.4 is 21.3 Å². The first-order valence-electron chi connectivity index (χ1n) is 5.61. The number of methoxy groups -OCH3 is 1. The van der Waals surface area contributed by atoms with Crippen molar-refractivity contribution in [3.63, 3.8) is 0 Å². The largest absolute Gasteiger partial charge is 0.398 e. The molecule has 9 heteroatoms. The maximum atomic E-state index is 9.19. The highest BCUT2D eigenvalue weighted by atomic mass is 32.2. The summed E-state index contributed by atoms with van der Waals surface area (Å²) in [4.78, 5) is 0. The molecule has 112 valence electrons. The number of nitrogens with one attached hydrogen (secondary N) is 1. The SMILES string of the molecule is COCCCNc1cccc(N)c1C#N.NS(N)(=O)=O. The number of rotatable bonds is 5. The van der Waals surface area contributed by atoms with Gasteiger partial charge in [0.1, 0.15) is 6.07 Å². The fraction of sp³-hybridized carbons (Fsp3) is 0.364. The van der Waals surface area contributed by atoms with Gasteiger partial charge in [-0.2, -0.15) is 13.7 Å². The van der Waals surface area contributed by atoms with Crippen LogP contribution in [0.25, 0.3) is 0 Å². The van der Waals surface area contributed by atoms with E-state index in [1.54, 1.807) is 13.2 Å². The highest BCUT2D eigenvalue weighted by molar-refractivity contribution is 7.86. The molecule has 0 amide bonds. The Balaban J connectivity index is 0.000000621. The maximum absolute atomic E-state index is 9.19. The number of nitrogen functional groups attached to an aromatic ring is 1. The van der Waals surface area contributed by atoms with Crippen LogP contribution >= 0.6 is 0 Å². The van der Waals surface area contributed by atoms with Crippen LogP contribution in [-0.2, 0) is 14.9 Å². The molecule has 0 aliphatic heterocycles. The van der Waals surface area contributed by atoms with Gasteiger partial charge in [-0.25, -0.2) is 10.3 Å². The van der Waals surface area contributed by atoms with E-state index in [0.717, 1.165) is 18.7 Å². The zero-order valence-corrected chi connectivity index (χ0v) is 12.0. The van der Waals surface area contributed by atoms with Gasteiger partial charge in [0.15, 0.2) is 0 Å². The molecular weight excluding hydrogens is 282 g/mol. The number of nitrogens with two attached hydrogens (primary N) is 3. The molecule has 0 spiro atoms. The van der Waals surface area contributed by atoms with Gasteiger partial charge in [-0.15, -0.1) is 0 Å². The Labute approximate surface area is 118 Å². The summed E-state index contributed by atoms with van der Waals surface area (Å²) in [7, 11) is -2.00. The fourth-order valence-corrected chi connectivity index (χ4v) is 1.28. The predicted octanol–water partition coefficient (Wildman–Crippen LogP) is -0.263. The van der Waals surface area contributed by atoms with Crippen molar-refractivity contribution in [1.82, 2.24) is 0 Å². The monoisotopic (exact) mass is 301 g/mol. The van der Waals surface area contributed by atoms with Gasteiger partial charge in [0.05, 0.1) is 16.9 Å². The molecule has 0 heterocycles. The Bertz CT molecular complexity index is 546. The van der Waals surface area contributed by atoms with Crippen molar-refractivity contribution in [2.75, 3.05) is 31.3 Å². The quantitative estimate of drug-likeness (QED) is 0.433. The number of hydrogen-bond acceptors (Lipinski definition) is 6. The predicted molar refractivity (Wildman–Crippen MR) is 77.8 cm³/mol. The molecule has 0 aliphatic rings. The molecule has 0 aliphatic carbocycles.